The lowest BCUT2D eigenvalue weighted by Gasteiger charge is -2.23. The van der Waals surface area contributed by atoms with E-state index in [0.717, 1.165) is 18.4 Å². The van der Waals surface area contributed by atoms with Crippen LogP contribution in [0.25, 0.3) is 10.9 Å². The molecule has 0 radical (unpaired) electrons. The molecule has 152 valence electrons. The Morgan fingerprint density at radius 1 is 1.14 bits per heavy atom. The van der Waals surface area contributed by atoms with Gasteiger partial charge in [0.2, 0.25) is 0 Å². The van der Waals surface area contributed by atoms with Gasteiger partial charge in [-0.3, -0.25) is 14.6 Å². The number of halogens is 2. The number of amides is 1. The number of carbonyl (C=O) groups is 1. The average Bonchev–Trinajstić information content (AvgIpc) is 2.73. The zero-order valence-electron chi connectivity index (χ0n) is 16.2. The van der Waals surface area contributed by atoms with E-state index in [0.29, 0.717) is 17.0 Å². The molecule has 5 nitrogen and oxygen atoms in total. The zero-order valence-corrected chi connectivity index (χ0v) is 16.2. The number of nitrogens with two attached hydrogens (primary N) is 1. The third-order valence-electron chi connectivity index (χ3n) is 5.33. The molecule has 0 bridgehead atoms. The lowest BCUT2D eigenvalue weighted by atomic mass is 9.82. The molecule has 2 heterocycles. The van der Waals surface area contributed by atoms with Gasteiger partial charge in [0.1, 0.15) is 5.69 Å². The number of aromatic nitrogens is 2. The molecule has 2 aromatic heterocycles. The van der Waals surface area contributed by atoms with Crippen LogP contribution in [0.15, 0.2) is 41.5 Å². The van der Waals surface area contributed by atoms with Gasteiger partial charge in [-0.05, 0) is 48.9 Å². The van der Waals surface area contributed by atoms with Crippen LogP contribution in [0.2, 0.25) is 0 Å². The Bertz CT molecular complexity index is 1080. The van der Waals surface area contributed by atoms with Gasteiger partial charge in [-0.25, -0.2) is 8.78 Å². The van der Waals surface area contributed by atoms with E-state index in [1.807, 2.05) is 0 Å². The van der Waals surface area contributed by atoms with Gasteiger partial charge < -0.3 is 10.7 Å². The minimum Gasteiger partial charge on any atom is -0.364 e. The average molecular weight is 399 g/mol. The van der Waals surface area contributed by atoms with Crippen LogP contribution in [-0.4, -0.2) is 15.9 Å². The zero-order chi connectivity index (χ0) is 21.0. The van der Waals surface area contributed by atoms with Gasteiger partial charge in [0.05, 0.1) is 10.9 Å². The number of pyridine rings is 2. The van der Waals surface area contributed by atoms with Crippen molar-refractivity contribution in [1.29, 1.82) is 0 Å². The standard InChI is InChI=1S/C13H16F2.C9H7N3O2/c1-9-11(7-8-12(14)13(9)15)10-5-3-2-4-6-10;10-9(14)8-7-5(1-3-12-8)11-4-2-6(7)13/h7-8,10H,2-6H2,1H3;1-4H,(H2,10,14)(H,11,13). The highest BCUT2D eigenvalue weighted by atomic mass is 19.2. The Labute approximate surface area is 167 Å². The first-order valence-corrected chi connectivity index (χ1v) is 9.61. The van der Waals surface area contributed by atoms with Crippen LogP contribution in [-0.2, 0) is 0 Å². The van der Waals surface area contributed by atoms with Crippen LogP contribution < -0.4 is 11.2 Å². The molecule has 0 saturated heterocycles. The van der Waals surface area contributed by atoms with Crippen molar-refractivity contribution in [3.05, 3.63) is 75.3 Å². The van der Waals surface area contributed by atoms with Crippen LogP contribution >= 0.6 is 0 Å². The minimum atomic E-state index is -0.730. The molecule has 1 amide bonds. The van der Waals surface area contributed by atoms with Crippen LogP contribution in [0.1, 0.15) is 59.6 Å². The van der Waals surface area contributed by atoms with Crippen molar-refractivity contribution in [3.8, 4) is 0 Å². The van der Waals surface area contributed by atoms with Crippen LogP contribution in [0.3, 0.4) is 0 Å². The number of hydrogen-bond acceptors (Lipinski definition) is 3. The predicted octanol–water partition coefficient (Wildman–Crippen LogP) is 4.34. The lowest BCUT2D eigenvalue weighted by molar-refractivity contribution is 0.0997. The molecule has 0 spiro atoms. The minimum absolute atomic E-state index is 0.00403. The van der Waals surface area contributed by atoms with Gasteiger partial charge >= 0.3 is 0 Å². The fourth-order valence-corrected chi connectivity index (χ4v) is 3.83. The predicted molar refractivity (Wildman–Crippen MR) is 108 cm³/mol. The summed E-state index contributed by atoms with van der Waals surface area (Å²) in [4.78, 5) is 29.0. The van der Waals surface area contributed by atoms with E-state index in [1.54, 1.807) is 19.1 Å². The van der Waals surface area contributed by atoms with Crippen molar-refractivity contribution in [3.63, 3.8) is 0 Å². The third-order valence-corrected chi connectivity index (χ3v) is 5.33. The highest BCUT2D eigenvalue weighted by Gasteiger charge is 2.20. The number of benzene rings is 1. The van der Waals surface area contributed by atoms with Gasteiger partial charge in [-0.1, -0.05) is 25.3 Å². The summed E-state index contributed by atoms with van der Waals surface area (Å²) in [5.41, 5.74) is 6.90. The number of primary amides is 1. The van der Waals surface area contributed by atoms with Crippen molar-refractivity contribution < 1.29 is 13.6 Å². The monoisotopic (exact) mass is 399 g/mol. The summed E-state index contributed by atoms with van der Waals surface area (Å²) in [7, 11) is 0. The van der Waals surface area contributed by atoms with Gasteiger partial charge in [0.25, 0.3) is 5.91 Å². The molecule has 3 aromatic rings. The summed E-state index contributed by atoms with van der Waals surface area (Å²) in [6, 6.07) is 5.95. The van der Waals surface area contributed by atoms with Gasteiger partial charge in [-0.15, -0.1) is 0 Å². The molecule has 3 N–H and O–H groups in total. The van der Waals surface area contributed by atoms with E-state index in [2.05, 4.69) is 9.97 Å². The van der Waals surface area contributed by atoms with E-state index < -0.39 is 17.5 Å². The quantitative estimate of drug-likeness (QED) is 0.672. The largest absolute Gasteiger partial charge is 0.364 e. The summed E-state index contributed by atoms with van der Waals surface area (Å²) in [5, 5.41) is 0.238. The second-order valence-electron chi connectivity index (χ2n) is 7.20. The summed E-state index contributed by atoms with van der Waals surface area (Å²) in [6.45, 7) is 1.68. The molecule has 1 fully saturated rings. The summed E-state index contributed by atoms with van der Waals surface area (Å²) >= 11 is 0. The Balaban J connectivity index is 0.000000166. The maximum atomic E-state index is 13.4. The summed E-state index contributed by atoms with van der Waals surface area (Å²) in [5.74, 6) is -1.66. The molecule has 0 aliphatic heterocycles. The summed E-state index contributed by atoms with van der Waals surface area (Å²) < 4.78 is 26.3. The van der Waals surface area contributed by atoms with Crippen molar-refractivity contribution in [2.24, 2.45) is 5.73 Å². The van der Waals surface area contributed by atoms with Crippen LogP contribution in [0, 0.1) is 18.6 Å². The van der Waals surface area contributed by atoms with Crippen molar-refractivity contribution in [1.82, 2.24) is 9.97 Å². The van der Waals surface area contributed by atoms with Gasteiger partial charge in [0.15, 0.2) is 17.1 Å². The van der Waals surface area contributed by atoms with Gasteiger partial charge in [-0.2, -0.15) is 0 Å². The highest BCUT2D eigenvalue weighted by molar-refractivity contribution is 6.03. The number of nitrogens with one attached hydrogen (secondary N) is 1. The Hall–Kier alpha value is -3.09. The SMILES string of the molecule is Cc1c(C2CCCCC2)ccc(F)c1F.NC(=O)c1nccc2[nH]ccc(=O)c12. The van der Waals surface area contributed by atoms with Crippen molar-refractivity contribution in [2.45, 2.75) is 44.9 Å². The van der Waals surface area contributed by atoms with E-state index in [9.17, 15) is 18.4 Å². The van der Waals surface area contributed by atoms with Crippen molar-refractivity contribution >= 4 is 16.8 Å². The molecule has 7 heteroatoms. The van der Waals surface area contributed by atoms with E-state index in [1.165, 1.54) is 43.8 Å². The number of hydrogen-bond donors (Lipinski definition) is 2. The van der Waals surface area contributed by atoms with Crippen molar-refractivity contribution in [2.75, 3.05) is 0 Å². The van der Waals surface area contributed by atoms with E-state index in [-0.39, 0.29) is 16.5 Å². The Morgan fingerprint density at radius 2 is 1.86 bits per heavy atom. The number of H-pyrrole nitrogens is 1. The number of carbonyl (C=O) groups excluding carboxylic acids is 1. The fraction of sp³-hybridized carbons (Fsp3) is 0.318. The molecular formula is C22H23F2N3O2. The van der Waals surface area contributed by atoms with E-state index >= 15 is 0 Å². The molecule has 1 saturated carbocycles. The Kier molecular flexibility index (Phi) is 6.36. The molecule has 0 unspecified atom stereocenters. The number of fused-ring (bicyclic) bond motifs is 1. The lowest BCUT2D eigenvalue weighted by Crippen LogP contribution is -2.17. The van der Waals surface area contributed by atoms with Gasteiger partial charge in [0, 0.05) is 18.5 Å². The fourth-order valence-electron chi connectivity index (χ4n) is 3.83. The molecule has 1 aliphatic carbocycles. The molecule has 4 rings (SSSR count). The maximum absolute atomic E-state index is 13.4. The number of rotatable bonds is 2. The van der Waals surface area contributed by atoms with Crippen LogP contribution in [0.5, 0.6) is 0 Å². The topological polar surface area (TPSA) is 88.8 Å². The molecule has 1 aromatic carbocycles. The van der Waals surface area contributed by atoms with Crippen LogP contribution in [0.4, 0.5) is 8.78 Å². The normalized spacial score (nSPS) is 14.3. The first-order chi connectivity index (χ1) is 13.9. The maximum Gasteiger partial charge on any atom is 0.268 e. The first-order valence-electron chi connectivity index (χ1n) is 9.61. The molecule has 1 aliphatic rings. The number of aromatic amines is 1. The first kappa shape index (κ1) is 20.6. The third kappa shape index (κ3) is 4.50. The smallest absolute Gasteiger partial charge is 0.268 e. The molecule has 0 atom stereocenters. The molecule has 29 heavy (non-hydrogen) atoms. The highest BCUT2D eigenvalue weighted by Crippen LogP contribution is 2.35. The second kappa shape index (κ2) is 8.94. The van der Waals surface area contributed by atoms with E-state index in [4.69, 9.17) is 5.73 Å². The second-order valence-corrected chi connectivity index (χ2v) is 7.20. The summed E-state index contributed by atoms with van der Waals surface area (Å²) in [6.07, 6.45) is 8.87. The number of nitrogens with zero attached hydrogens (tertiary/aromatic N) is 1. The Morgan fingerprint density at radius 3 is 2.55 bits per heavy atom. The molecular weight excluding hydrogens is 376 g/mol.